The van der Waals surface area contributed by atoms with Crippen LogP contribution >= 0.6 is 0 Å². The van der Waals surface area contributed by atoms with E-state index in [-0.39, 0.29) is 12.2 Å². The number of ketones is 1. The van der Waals surface area contributed by atoms with Crippen molar-refractivity contribution in [3.8, 4) is 0 Å². The van der Waals surface area contributed by atoms with Crippen molar-refractivity contribution in [1.29, 1.82) is 0 Å². The normalized spacial score (nSPS) is 10.7. The molecule has 0 unspecified atom stereocenters. The lowest BCUT2D eigenvalue weighted by Gasteiger charge is -2.03. The van der Waals surface area contributed by atoms with Crippen LogP contribution in [-0.2, 0) is 6.42 Å². The van der Waals surface area contributed by atoms with Gasteiger partial charge in [-0.25, -0.2) is 4.98 Å². The summed E-state index contributed by atoms with van der Waals surface area (Å²) in [7, 11) is 0. The summed E-state index contributed by atoms with van der Waals surface area (Å²) in [6.45, 7) is 0. The lowest BCUT2D eigenvalue weighted by Crippen LogP contribution is -2.05. The van der Waals surface area contributed by atoms with Crippen LogP contribution in [0.2, 0.25) is 0 Å². The first-order valence-corrected chi connectivity index (χ1v) is 5.70. The highest BCUT2D eigenvalue weighted by Gasteiger charge is 2.11. The number of H-pyrrole nitrogens is 1. The van der Waals surface area contributed by atoms with E-state index >= 15 is 0 Å². The predicted octanol–water partition coefficient (Wildman–Crippen LogP) is 2.38. The number of aromatic amines is 1. The molecule has 3 rings (SSSR count). The van der Waals surface area contributed by atoms with Crippen molar-refractivity contribution in [2.45, 2.75) is 6.42 Å². The molecule has 0 amide bonds. The van der Waals surface area contributed by atoms with Gasteiger partial charge in [0.1, 0.15) is 5.82 Å². The maximum Gasteiger partial charge on any atom is 0.171 e. The second-order valence-corrected chi connectivity index (χ2v) is 4.01. The van der Waals surface area contributed by atoms with Gasteiger partial charge in [0.25, 0.3) is 0 Å². The maximum absolute atomic E-state index is 12.2. The van der Waals surface area contributed by atoms with Gasteiger partial charge >= 0.3 is 0 Å². The summed E-state index contributed by atoms with van der Waals surface area (Å²) in [6.07, 6.45) is 5.37. The summed E-state index contributed by atoms with van der Waals surface area (Å²) in [5, 5.41) is 0.886. The minimum atomic E-state index is 0.0450. The molecule has 0 atom stereocenters. The fraction of sp³-hybridized carbons (Fsp3) is 0.0714. The third kappa shape index (κ3) is 1.88. The Labute approximate surface area is 104 Å². The first-order valence-electron chi connectivity index (χ1n) is 5.70. The zero-order valence-electron chi connectivity index (χ0n) is 9.63. The van der Waals surface area contributed by atoms with Gasteiger partial charge in [-0.15, -0.1) is 0 Å². The number of hydrogen-bond acceptors (Lipinski definition) is 3. The number of carbonyl (C=O) groups excluding carboxylic acids is 1. The van der Waals surface area contributed by atoms with Crippen LogP contribution in [0.4, 0.5) is 0 Å². The van der Waals surface area contributed by atoms with Crippen LogP contribution < -0.4 is 0 Å². The summed E-state index contributed by atoms with van der Waals surface area (Å²) in [5.41, 5.74) is 1.53. The third-order valence-electron chi connectivity index (χ3n) is 2.83. The molecule has 2 heterocycles. The lowest BCUT2D eigenvalue weighted by atomic mass is 10.0. The lowest BCUT2D eigenvalue weighted by molar-refractivity contribution is 0.0992. The number of nitrogens with zero attached hydrogens (tertiary/aromatic N) is 2. The molecule has 0 spiro atoms. The summed E-state index contributed by atoms with van der Waals surface area (Å²) >= 11 is 0. The summed E-state index contributed by atoms with van der Waals surface area (Å²) < 4.78 is 0. The second kappa shape index (κ2) is 4.41. The molecule has 1 aromatic carbocycles. The first kappa shape index (κ1) is 10.7. The van der Waals surface area contributed by atoms with Gasteiger partial charge in [0.05, 0.1) is 11.9 Å². The number of carbonyl (C=O) groups is 1. The zero-order valence-corrected chi connectivity index (χ0v) is 9.63. The van der Waals surface area contributed by atoms with Crippen molar-refractivity contribution in [2.75, 3.05) is 0 Å². The molecule has 0 aliphatic carbocycles. The average Bonchev–Trinajstić information content (AvgIpc) is 2.91. The molecule has 0 saturated carbocycles. The van der Waals surface area contributed by atoms with Crippen molar-refractivity contribution in [3.05, 3.63) is 60.3 Å². The molecule has 0 saturated heterocycles. The van der Waals surface area contributed by atoms with Gasteiger partial charge in [-0.05, 0) is 12.1 Å². The van der Waals surface area contributed by atoms with Crippen molar-refractivity contribution in [2.24, 2.45) is 0 Å². The van der Waals surface area contributed by atoms with Crippen LogP contribution in [0.3, 0.4) is 0 Å². The molecule has 0 bridgehead atoms. The first-order chi connectivity index (χ1) is 8.84. The molecule has 18 heavy (non-hydrogen) atoms. The van der Waals surface area contributed by atoms with Crippen LogP contribution in [0.25, 0.3) is 10.9 Å². The van der Waals surface area contributed by atoms with Gasteiger partial charge in [-0.2, -0.15) is 0 Å². The fourth-order valence-electron chi connectivity index (χ4n) is 1.99. The van der Waals surface area contributed by atoms with Crippen molar-refractivity contribution in [3.63, 3.8) is 0 Å². The van der Waals surface area contributed by atoms with Crippen LogP contribution in [0.1, 0.15) is 16.2 Å². The van der Waals surface area contributed by atoms with Gasteiger partial charge in [-0.3, -0.25) is 9.78 Å². The molecule has 4 nitrogen and oxygen atoms in total. The largest absolute Gasteiger partial charge is 0.348 e. The topological polar surface area (TPSA) is 58.6 Å². The SMILES string of the molecule is O=C(Cc1ncc[nH]1)c1cccc2ncccc12. The molecular weight excluding hydrogens is 226 g/mol. The molecule has 0 fully saturated rings. The van der Waals surface area contributed by atoms with Gasteiger partial charge in [0, 0.05) is 29.5 Å². The van der Waals surface area contributed by atoms with Crippen molar-refractivity contribution >= 4 is 16.7 Å². The average molecular weight is 237 g/mol. The van der Waals surface area contributed by atoms with Gasteiger partial charge in [0.2, 0.25) is 0 Å². The van der Waals surface area contributed by atoms with Gasteiger partial charge in [0.15, 0.2) is 5.78 Å². The number of benzene rings is 1. The number of hydrogen-bond donors (Lipinski definition) is 1. The summed E-state index contributed by atoms with van der Waals surface area (Å²) in [4.78, 5) is 23.5. The smallest absolute Gasteiger partial charge is 0.171 e. The van der Waals surface area contributed by atoms with Crippen molar-refractivity contribution < 1.29 is 4.79 Å². The number of fused-ring (bicyclic) bond motifs is 1. The highest BCUT2D eigenvalue weighted by atomic mass is 16.1. The van der Waals surface area contributed by atoms with Crippen LogP contribution in [-0.4, -0.2) is 20.7 Å². The minimum absolute atomic E-state index is 0.0450. The predicted molar refractivity (Wildman–Crippen MR) is 68.4 cm³/mol. The number of pyridine rings is 1. The number of Topliss-reactive ketones (excluding diaryl/α,β-unsaturated/α-hetero) is 1. The highest BCUT2D eigenvalue weighted by Crippen LogP contribution is 2.17. The number of aromatic nitrogens is 3. The Hall–Kier alpha value is -2.49. The van der Waals surface area contributed by atoms with Crippen LogP contribution in [0, 0.1) is 0 Å². The van der Waals surface area contributed by atoms with E-state index in [1.807, 2.05) is 30.3 Å². The molecule has 88 valence electrons. The van der Waals surface area contributed by atoms with E-state index in [9.17, 15) is 4.79 Å². The van der Waals surface area contributed by atoms with E-state index < -0.39 is 0 Å². The Kier molecular flexibility index (Phi) is 2.61. The Bertz CT molecular complexity index is 684. The molecule has 0 aliphatic heterocycles. The standard InChI is InChI=1S/C14H11N3O/c18-13(9-14-16-7-8-17-14)11-3-1-5-12-10(11)4-2-6-15-12/h1-8H,9H2,(H,16,17). The van der Waals surface area contributed by atoms with Crippen molar-refractivity contribution in [1.82, 2.24) is 15.0 Å². The van der Waals surface area contributed by atoms with Gasteiger partial charge < -0.3 is 4.98 Å². The second-order valence-electron chi connectivity index (χ2n) is 4.01. The monoisotopic (exact) mass is 237 g/mol. The molecule has 4 heteroatoms. The summed E-state index contributed by atoms with van der Waals surface area (Å²) in [6, 6.07) is 9.34. The van der Waals surface area contributed by atoms with E-state index in [1.165, 1.54) is 0 Å². The molecule has 0 aliphatic rings. The van der Waals surface area contributed by atoms with E-state index in [1.54, 1.807) is 18.6 Å². The Balaban J connectivity index is 2.01. The number of nitrogens with one attached hydrogen (secondary N) is 1. The minimum Gasteiger partial charge on any atom is -0.348 e. The third-order valence-corrected chi connectivity index (χ3v) is 2.83. The van der Waals surface area contributed by atoms with E-state index in [2.05, 4.69) is 15.0 Å². The zero-order chi connectivity index (χ0) is 12.4. The Morgan fingerprint density at radius 1 is 1.11 bits per heavy atom. The Morgan fingerprint density at radius 3 is 2.89 bits per heavy atom. The number of rotatable bonds is 3. The molecule has 2 aromatic heterocycles. The Morgan fingerprint density at radius 2 is 2.06 bits per heavy atom. The molecule has 1 N–H and O–H groups in total. The van der Waals surface area contributed by atoms with Gasteiger partial charge in [-0.1, -0.05) is 18.2 Å². The maximum atomic E-state index is 12.2. The van der Waals surface area contributed by atoms with E-state index in [0.717, 1.165) is 10.9 Å². The summed E-state index contributed by atoms with van der Waals surface area (Å²) in [5.74, 6) is 0.726. The van der Waals surface area contributed by atoms with Crippen LogP contribution in [0.5, 0.6) is 0 Å². The van der Waals surface area contributed by atoms with Crippen LogP contribution in [0.15, 0.2) is 48.9 Å². The molecule has 3 aromatic rings. The highest BCUT2D eigenvalue weighted by molar-refractivity contribution is 6.07. The molecule has 0 radical (unpaired) electrons. The molecular formula is C14H11N3O. The number of imidazole rings is 1. The van der Waals surface area contributed by atoms with E-state index in [4.69, 9.17) is 0 Å². The fourth-order valence-corrected chi connectivity index (χ4v) is 1.99. The van der Waals surface area contributed by atoms with E-state index in [0.29, 0.717) is 11.4 Å². The quantitative estimate of drug-likeness (QED) is 0.711.